The summed E-state index contributed by atoms with van der Waals surface area (Å²) in [6.07, 6.45) is 4.49. The smallest absolute Gasteiger partial charge is 0.162 e. The van der Waals surface area contributed by atoms with Gasteiger partial charge in [0.15, 0.2) is 5.78 Å². The van der Waals surface area contributed by atoms with Gasteiger partial charge in [0.2, 0.25) is 0 Å². The van der Waals surface area contributed by atoms with Crippen molar-refractivity contribution in [3.05, 3.63) is 77.5 Å². The van der Waals surface area contributed by atoms with E-state index in [-0.39, 0.29) is 5.78 Å². The molecule has 0 N–H and O–H groups in total. The number of Topliss-reactive ketones (excluding diaryl/α,β-unsaturated/α-hetero) is 1. The standard InChI is InChI=1S/C20H17NO/c1-2-20(22)17-8-5-6-15(14-17)10-12-18-13-11-16-7-3-4-9-19(16)21-18/h3-14H,2H2,1H3. The quantitative estimate of drug-likeness (QED) is 0.632. The predicted octanol–water partition coefficient (Wildman–Crippen LogP) is 5.00. The van der Waals surface area contributed by atoms with Gasteiger partial charge in [0.05, 0.1) is 11.2 Å². The van der Waals surface area contributed by atoms with E-state index in [1.54, 1.807) is 0 Å². The molecule has 0 bridgehead atoms. The summed E-state index contributed by atoms with van der Waals surface area (Å²) in [6, 6.07) is 19.8. The van der Waals surface area contributed by atoms with Gasteiger partial charge in [-0.3, -0.25) is 4.79 Å². The number of hydrogen-bond donors (Lipinski definition) is 0. The van der Waals surface area contributed by atoms with E-state index < -0.39 is 0 Å². The molecule has 3 rings (SSSR count). The number of para-hydroxylation sites is 1. The number of aromatic nitrogens is 1. The molecule has 0 spiro atoms. The number of carbonyl (C=O) groups is 1. The lowest BCUT2D eigenvalue weighted by Gasteiger charge is -2.00. The molecule has 0 fully saturated rings. The first kappa shape index (κ1) is 14.2. The van der Waals surface area contributed by atoms with Crippen LogP contribution in [0.3, 0.4) is 0 Å². The maximum atomic E-state index is 11.7. The molecular weight excluding hydrogens is 270 g/mol. The molecule has 22 heavy (non-hydrogen) atoms. The average Bonchev–Trinajstić information content (AvgIpc) is 2.59. The number of benzene rings is 2. The Hall–Kier alpha value is -2.74. The van der Waals surface area contributed by atoms with Crippen molar-refractivity contribution in [2.24, 2.45) is 0 Å². The third-order valence-corrected chi connectivity index (χ3v) is 3.60. The highest BCUT2D eigenvalue weighted by atomic mass is 16.1. The van der Waals surface area contributed by atoms with Crippen LogP contribution in [-0.2, 0) is 0 Å². The summed E-state index contributed by atoms with van der Waals surface area (Å²) in [5, 5.41) is 1.13. The van der Waals surface area contributed by atoms with Crippen molar-refractivity contribution in [2.45, 2.75) is 13.3 Å². The van der Waals surface area contributed by atoms with E-state index in [1.807, 2.05) is 67.6 Å². The number of rotatable bonds is 4. The molecule has 0 radical (unpaired) electrons. The summed E-state index contributed by atoms with van der Waals surface area (Å²) in [5.41, 5.74) is 3.66. The zero-order valence-corrected chi connectivity index (χ0v) is 12.5. The molecular formula is C20H17NO. The fourth-order valence-corrected chi connectivity index (χ4v) is 2.38. The molecule has 0 saturated heterocycles. The van der Waals surface area contributed by atoms with Crippen molar-refractivity contribution >= 4 is 28.8 Å². The van der Waals surface area contributed by atoms with E-state index in [0.717, 1.165) is 27.7 Å². The average molecular weight is 287 g/mol. The number of hydrogen-bond acceptors (Lipinski definition) is 2. The van der Waals surface area contributed by atoms with Gasteiger partial charge in [0, 0.05) is 17.4 Å². The van der Waals surface area contributed by atoms with Crippen LogP contribution >= 0.6 is 0 Å². The van der Waals surface area contributed by atoms with Crippen molar-refractivity contribution < 1.29 is 4.79 Å². The minimum atomic E-state index is 0.166. The van der Waals surface area contributed by atoms with Crippen LogP contribution in [0, 0.1) is 0 Å². The van der Waals surface area contributed by atoms with E-state index in [1.165, 1.54) is 0 Å². The second-order valence-electron chi connectivity index (χ2n) is 5.16. The van der Waals surface area contributed by atoms with Crippen LogP contribution in [0.5, 0.6) is 0 Å². The minimum absolute atomic E-state index is 0.166. The molecule has 108 valence electrons. The summed E-state index contributed by atoms with van der Waals surface area (Å²) in [4.78, 5) is 16.4. The van der Waals surface area contributed by atoms with E-state index >= 15 is 0 Å². The zero-order chi connectivity index (χ0) is 15.4. The molecule has 1 heterocycles. The fourth-order valence-electron chi connectivity index (χ4n) is 2.38. The molecule has 0 aliphatic heterocycles. The number of ketones is 1. The van der Waals surface area contributed by atoms with Gasteiger partial charge in [-0.05, 0) is 29.8 Å². The van der Waals surface area contributed by atoms with Gasteiger partial charge in [-0.15, -0.1) is 0 Å². The maximum absolute atomic E-state index is 11.7. The van der Waals surface area contributed by atoms with E-state index in [9.17, 15) is 4.79 Å². The minimum Gasteiger partial charge on any atom is -0.294 e. The molecule has 3 aromatic rings. The monoisotopic (exact) mass is 287 g/mol. The van der Waals surface area contributed by atoms with Crippen molar-refractivity contribution in [3.8, 4) is 0 Å². The topological polar surface area (TPSA) is 30.0 Å². The molecule has 0 amide bonds. The Morgan fingerprint density at radius 1 is 1.00 bits per heavy atom. The summed E-state index contributed by atoms with van der Waals surface area (Å²) in [6.45, 7) is 1.88. The summed E-state index contributed by atoms with van der Waals surface area (Å²) < 4.78 is 0. The summed E-state index contributed by atoms with van der Waals surface area (Å²) >= 11 is 0. The zero-order valence-electron chi connectivity index (χ0n) is 12.5. The predicted molar refractivity (Wildman–Crippen MR) is 91.7 cm³/mol. The maximum Gasteiger partial charge on any atom is 0.162 e. The third kappa shape index (κ3) is 3.12. The molecule has 2 nitrogen and oxygen atoms in total. The largest absolute Gasteiger partial charge is 0.294 e. The Morgan fingerprint density at radius 2 is 1.86 bits per heavy atom. The highest BCUT2D eigenvalue weighted by Crippen LogP contribution is 2.15. The highest BCUT2D eigenvalue weighted by molar-refractivity contribution is 5.96. The van der Waals surface area contributed by atoms with Crippen molar-refractivity contribution in [3.63, 3.8) is 0 Å². The summed E-state index contributed by atoms with van der Waals surface area (Å²) in [5.74, 6) is 0.166. The number of pyridine rings is 1. The Bertz CT molecular complexity index is 849. The van der Waals surface area contributed by atoms with Crippen molar-refractivity contribution in [1.29, 1.82) is 0 Å². The second-order valence-corrected chi connectivity index (χ2v) is 5.16. The summed E-state index contributed by atoms with van der Waals surface area (Å²) in [7, 11) is 0. The second kappa shape index (κ2) is 6.35. The molecule has 1 aromatic heterocycles. The Labute approximate surface area is 130 Å². The van der Waals surface area contributed by atoms with E-state index in [2.05, 4.69) is 17.1 Å². The lowest BCUT2D eigenvalue weighted by atomic mass is 10.1. The molecule has 0 saturated carbocycles. The van der Waals surface area contributed by atoms with Crippen LogP contribution in [0.2, 0.25) is 0 Å². The SMILES string of the molecule is CCC(=O)c1cccc(C=Cc2ccc3ccccc3n2)c1. The molecule has 0 atom stereocenters. The van der Waals surface area contributed by atoms with Crippen LogP contribution in [0.25, 0.3) is 23.1 Å². The molecule has 2 heteroatoms. The van der Waals surface area contributed by atoms with Crippen LogP contribution in [0.15, 0.2) is 60.7 Å². The van der Waals surface area contributed by atoms with Crippen LogP contribution in [0.1, 0.15) is 35.0 Å². The van der Waals surface area contributed by atoms with Crippen LogP contribution in [0.4, 0.5) is 0 Å². The first-order valence-corrected chi connectivity index (χ1v) is 7.43. The fraction of sp³-hybridized carbons (Fsp3) is 0.100. The van der Waals surface area contributed by atoms with Crippen molar-refractivity contribution in [2.75, 3.05) is 0 Å². The normalized spacial score (nSPS) is 11.1. The Morgan fingerprint density at radius 3 is 2.73 bits per heavy atom. The first-order valence-electron chi connectivity index (χ1n) is 7.43. The molecule has 0 unspecified atom stereocenters. The highest BCUT2D eigenvalue weighted by Gasteiger charge is 2.02. The van der Waals surface area contributed by atoms with Gasteiger partial charge in [0.1, 0.15) is 0 Å². The lowest BCUT2D eigenvalue weighted by Crippen LogP contribution is -1.95. The van der Waals surface area contributed by atoms with Crippen molar-refractivity contribution in [1.82, 2.24) is 4.98 Å². The van der Waals surface area contributed by atoms with Crippen LogP contribution < -0.4 is 0 Å². The van der Waals surface area contributed by atoms with Crippen LogP contribution in [-0.4, -0.2) is 10.8 Å². The lowest BCUT2D eigenvalue weighted by molar-refractivity contribution is 0.0988. The van der Waals surface area contributed by atoms with Gasteiger partial charge in [-0.1, -0.05) is 55.5 Å². The van der Waals surface area contributed by atoms with E-state index in [4.69, 9.17) is 0 Å². The van der Waals surface area contributed by atoms with Gasteiger partial charge in [0.25, 0.3) is 0 Å². The Balaban J connectivity index is 1.87. The molecule has 0 aliphatic carbocycles. The number of nitrogens with zero attached hydrogens (tertiary/aromatic N) is 1. The van der Waals surface area contributed by atoms with Gasteiger partial charge >= 0.3 is 0 Å². The number of carbonyl (C=O) groups excluding carboxylic acids is 1. The van der Waals surface area contributed by atoms with Gasteiger partial charge in [-0.2, -0.15) is 0 Å². The Kier molecular flexibility index (Phi) is 4.10. The molecule has 2 aromatic carbocycles. The number of fused-ring (bicyclic) bond motifs is 1. The third-order valence-electron chi connectivity index (χ3n) is 3.60. The first-order chi connectivity index (χ1) is 10.8. The van der Waals surface area contributed by atoms with Gasteiger partial charge in [-0.25, -0.2) is 4.98 Å². The van der Waals surface area contributed by atoms with E-state index in [0.29, 0.717) is 6.42 Å². The molecule has 0 aliphatic rings. The van der Waals surface area contributed by atoms with Gasteiger partial charge < -0.3 is 0 Å².